The van der Waals surface area contributed by atoms with E-state index in [1.807, 2.05) is 0 Å². The molecule has 0 bridgehead atoms. The fraction of sp³-hybridized carbons (Fsp3) is 0.0652. The van der Waals surface area contributed by atoms with Crippen molar-refractivity contribution in [2.24, 2.45) is 0 Å². The SMILES string of the molecule is CC1(C)c2cccc(N(c3ccc(-c4ccccc4)cc3)c3ccc(-n4c5ccccc5c5ccccc54)cc3)c2-n2c1nc1ccccc12. The number of hydrogen-bond acceptors (Lipinski definition) is 2. The lowest BCUT2D eigenvalue weighted by molar-refractivity contribution is 0.621. The Morgan fingerprint density at radius 2 is 1.04 bits per heavy atom. The molecular weight excluding hydrogens is 609 g/mol. The van der Waals surface area contributed by atoms with E-state index in [1.54, 1.807) is 0 Å². The third kappa shape index (κ3) is 4.15. The number of imidazole rings is 1. The largest absolute Gasteiger partial charge is 0.309 e. The average molecular weight is 643 g/mol. The zero-order chi connectivity index (χ0) is 33.4. The molecule has 0 spiro atoms. The van der Waals surface area contributed by atoms with E-state index >= 15 is 0 Å². The van der Waals surface area contributed by atoms with Crippen LogP contribution in [0.5, 0.6) is 0 Å². The van der Waals surface area contributed by atoms with E-state index in [-0.39, 0.29) is 5.41 Å². The first-order valence-electron chi connectivity index (χ1n) is 17.2. The van der Waals surface area contributed by atoms with Crippen molar-refractivity contribution in [2.45, 2.75) is 19.3 Å². The van der Waals surface area contributed by atoms with E-state index < -0.39 is 0 Å². The molecule has 0 radical (unpaired) electrons. The minimum absolute atomic E-state index is 0.256. The lowest BCUT2D eigenvalue weighted by Gasteiger charge is -2.29. The number of nitrogens with zero attached hydrogens (tertiary/aromatic N) is 4. The summed E-state index contributed by atoms with van der Waals surface area (Å²) >= 11 is 0. The molecule has 3 heterocycles. The molecule has 0 saturated heterocycles. The summed E-state index contributed by atoms with van der Waals surface area (Å²) in [5.41, 5.74) is 13.6. The molecule has 9 aromatic rings. The topological polar surface area (TPSA) is 26.0 Å². The second kappa shape index (κ2) is 10.8. The van der Waals surface area contributed by atoms with Crippen LogP contribution >= 0.6 is 0 Å². The lowest BCUT2D eigenvalue weighted by Crippen LogP contribution is -2.17. The number of fused-ring (bicyclic) bond motifs is 8. The van der Waals surface area contributed by atoms with Crippen molar-refractivity contribution in [3.05, 3.63) is 181 Å². The smallest absolute Gasteiger partial charge is 0.124 e. The summed E-state index contributed by atoms with van der Waals surface area (Å²) in [6, 6.07) is 61.1. The van der Waals surface area contributed by atoms with Crippen LogP contribution in [0.1, 0.15) is 25.2 Å². The highest BCUT2D eigenvalue weighted by atomic mass is 15.2. The Labute approximate surface area is 291 Å². The van der Waals surface area contributed by atoms with E-state index in [4.69, 9.17) is 4.98 Å². The highest BCUT2D eigenvalue weighted by Gasteiger charge is 2.41. The van der Waals surface area contributed by atoms with Gasteiger partial charge < -0.3 is 9.47 Å². The van der Waals surface area contributed by atoms with Crippen LogP contribution in [0.4, 0.5) is 17.1 Å². The van der Waals surface area contributed by atoms with Crippen LogP contribution in [0.25, 0.3) is 55.3 Å². The average Bonchev–Trinajstić information content (AvgIpc) is 3.79. The molecule has 2 aromatic heterocycles. The van der Waals surface area contributed by atoms with Crippen LogP contribution < -0.4 is 4.90 Å². The first kappa shape index (κ1) is 28.6. The monoisotopic (exact) mass is 642 g/mol. The fourth-order valence-corrected chi connectivity index (χ4v) is 8.06. The van der Waals surface area contributed by atoms with Gasteiger partial charge in [0.1, 0.15) is 5.82 Å². The summed E-state index contributed by atoms with van der Waals surface area (Å²) < 4.78 is 4.76. The summed E-state index contributed by atoms with van der Waals surface area (Å²) in [4.78, 5) is 7.59. The minimum atomic E-state index is -0.256. The summed E-state index contributed by atoms with van der Waals surface area (Å²) in [6.45, 7) is 4.58. The number of benzene rings is 7. The maximum atomic E-state index is 5.18. The molecule has 0 amide bonds. The van der Waals surface area contributed by atoms with Gasteiger partial charge >= 0.3 is 0 Å². The standard InChI is InChI=1S/C46H34N4/c1-46(2)38-17-12-22-43(44(38)50-42-21-11-8-18-39(42)47-45(46)50)48(33-25-23-32(24-26-33)31-13-4-3-5-14-31)34-27-29-35(30-28-34)49-40-19-9-6-15-36(40)37-16-7-10-20-41(37)49/h3-30H,1-2H3. The van der Waals surface area contributed by atoms with Crippen molar-refractivity contribution in [3.8, 4) is 22.5 Å². The molecule has 50 heavy (non-hydrogen) atoms. The maximum absolute atomic E-state index is 5.18. The predicted octanol–water partition coefficient (Wildman–Crippen LogP) is 11.9. The third-order valence-corrected chi connectivity index (χ3v) is 10.5. The molecule has 7 aromatic carbocycles. The van der Waals surface area contributed by atoms with Crippen LogP contribution in [-0.4, -0.2) is 14.1 Å². The molecule has 0 unspecified atom stereocenters. The first-order chi connectivity index (χ1) is 24.6. The van der Waals surface area contributed by atoms with E-state index in [0.29, 0.717) is 0 Å². The molecule has 1 aliphatic rings. The van der Waals surface area contributed by atoms with Gasteiger partial charge in [0, 0.05) is 27.8 Å². The quantitative estimate of drug-likeness (QED) is 0.187. The summed E-state index contributed by atoms with van der Waals surface area (Å²) in [5.74, 6) is 1.07. The molecule has 1 aliphatic heterocycles. The number of anilines is 3. The Hall–Kier alpha value is -6.39. The molecule has 4 nitrogen and oxygen atoms in total. The number of rotatable bonds is 5. The second-order valence-corrected chi connectivity index (χ2v) is 13.7. The Balaban J connectivity index is 1.18. The van der Waals surface area contributed by atoms with E-state index in [1.165, 1.54) is 44.2 Å². The normalized spacial score (nSPS) is 13.2. The molecule has 238 valence electrons. The second-order valence-electron chi connectivity index (χ2n) is 13.7. The van der Waals surface area contributed by atoms with Crippen molar-refractivity contribution in [1.82, 2.24) is 14.1 Å². The maximum Gasteiger partial charge on any atom is 0.124 e. The zero-order valence-corrected chi connectivity index (χ0v) is 28.0. The molecule has 0 N–H and O–H groups in total. The third-order valence-electron chi connectivity index (χ3n) is 10.5. The van der Waals surface area contributed by atoms with Crippen molar-refractivity contribution in [1.29, 1.82) is 0 Å². The summed E-state index contributed by atoms with van der Waals surface area (Å²) in [6.07, 6.45) is 0. The summed E-state index contributed by atoms with van der Waals surface area (Å²) in [5, 5.41) is 2.52. The summed E-state index contributed by atoms with van der Waals surface area (Å²) in [7, 11) is 0. The predicted molar refractivity (Wildman–Crippen MR) is 208 cm³/mol. The Morgan fingerprint density at radius 1 is 0.480 bits per heavy atom. The van der Waals surface area contributed by atoms with Gasteiger partial charge in [0.2, 0.25) is 0 Å². The van der Waals surface area contributed by atoms with Crippen molar-refractivity contribution in [2.75, 3.05) is 4.90 Å². The van der Waals surface area contributed by atoms with Gasteiger partial charge in [0.05, 0.1) is 38.9 Å². The van der Waals surface area contributed by atoms with Crippen molar-refractivity contribution >= 4 is 49.9 Å². The van der Waals surface area contributed by atoms with Crippen LogP contribution in [-0.2, 0) is 5.41 Å². The zero-order valence-electron chi connectivity index (χ0n) is 28.0. The Morgan fingerprint density at radius 3 is 1.72 bits per heavy atom. The van der Waals surface area contributed by atoms with E-state index in [9.17, 15) is 0 Å². The van der Waals surface area contributed by atoms with Crippen LogP contribution in [0.15, 0.2) is 170 Å². The number of hydrogen-bond donors (Lipinski definition) is 0. The highest BCUT2D eigenvalue weighted by Crippen LogP contribution is 2.50. The molecule has 0 fully saturated rings. The molecule has 10 rings (SSSR count). The lowest BCUT2D eigenvalue weighted by atomic mass is 9.85. The Bertz CT molecular complexity index is 2660. The van der Waals surface area contributed by atoms with Crippen molar-refractivity contribution in [3.63, 3.8) is 0 Å². The van der Waals surface area contributed by atoms with Gasteiger partial charge in [-0.1, -0.05) is 103 Å². The molecule has 0 aliphatic carbocycles. The van der Waals surface area contributed by atoms with E-state index in [2.05, 4.69) is 198 Å². The Kier molecular flexibility index (Phi) is 6.19. The van der Waals surface area contributed by atoms with Crippen LogP contribution in [0.3, 0.4) is 0 Å². The highest BCUT2D eigenvalue weighted by molar-refractivity contribution is 6.09. The molecule has 4 heteroatoms. The minimum Gasteiger partial charge on any atom is -0.309 e. The van der Waals surface area contributed by atoms with Gasteiger partial charge in [-0.05, 0) is 97.3 Å². The molecule has 0 saturated carbocycles. The van der Waals surface area contributed by atoms with Gasteiger partial charge in [0.25, 0.3) is 0 Å². The molecular formula is C46H34N4. The van der Waals surface area contributed by atoms with Crippen LogP contribution in [0, 0.1) is 0 Å². The van der Waals surface area contributed by atoms with Gasteiger partial charge in [-0.3, -0.25) is 4.57 Å². The van der Waals surface area contributed by atoms with Crippen molar-refractivity contribution < 1.29 is 0 Å². The van der Waals surface area contributed by atoms with Crippen LogP contribution in [0.2, 0.25) is 0 Å². The van der Waals surface area contributed by atoms with Gasteiger partial charge in [-0.25, -0.2) is 4.98 Å². The fourth-order valence-electron chi connectivity index (χ4n) is 8.06. The first-order valence-corrected chi connectivity index (χ1v) is 17.2. The number of aromatic nitrogens is 3. The van der Waals surface area contributed by atoms with Gasteiger partial charge in [-0.15, -0.1) is 0 Å². The number of para-hydroxylation sites is 5. The van der Waals surface area contributed by atoms with Gasteiger partial charge in [-0.2, -0.15) is 0 Å². The van der Waals surface area contributed by atoms with E-state index in [0.717, 1.165) is 39.6 Å². The van der Waals surface area contributed by atoms with Gasteiger partial charge in [0.15, 0.2) is 0 Å². The molecule has 0 atom stereocenters.